The molecule has 0 bridgehead atoms. The molecular weight excluding hydrogens is 286 g/mol. The van der Waals surface area contributed by atoms with E-state index in [0.717, 1.165) is 5.56 Å². The number of quaternary nitrogens is 1. The Hall–Kier alpha value is -2.36. The predicted molar refractivity (Wildman–Crippen MR) is 79.1 cm³/mol. The number of nitriles is 1. The summed E-state index contributed by atoms with van der Waals surface area (Å²) in [6.45, 7) is 2.24. The Morgan fingerprint density at radius 3 is 2.43 bits per heavy atom. The molecule has 0 amide bonds. The molecule has 0 aliphatic rings. The van der Waals surface area contributed by atoms with Gasteiger partial charge in [0.05, 0.1) is 23.1 Å². The van der Waals surface area contributed by atoms with Gasteiger partial charge in [0.25, 0.3) is 0 Å². The molecule has 0 unspecified atom stereocenters. The molecule has 2 aromatic rings. The van der Waals surface area contributed by atoms with E-state index in [0.29, 0.717) is 23.4 Å². The SMILES string of the molecule is Cc1ccc(C[NH3+])cc1S(=O)(=O)[N-]c1ccc(C#N)cc1. The molecule has 0 atom stereocenters. The van der Waals surface area contributed by atoms with E-state index in [1.807, 2.05) is 12.1 Å². The van der Waals surface area contributed by atoms with Crippen LogP contribution in [-0.2, 0) is 16.6 Å². The molecule has 6 heteroatoms. The Morgan fingerprint density at radius 2 is 1.86 bits per heavy atom. The van der Waals surface area contributed by atoms with Crippen molar-refractivity contribution in [3.63, 3.8) is 0 Å². The minimum Gasteiger partial charge on any atom is -0.573 e. The Balaban J connectivity index is 2.35. The molecule has 5 nitrogen and oxygen atoms in total. The standard InChI is InChI=1S/C15H14N3O2S/c1-11-2-3-13(10-17)8-15(11)21(19,20)18-14-6-4-12(9-16)5-7-14/h2-8H,10,17H2,1H3/q-1/p+1. The van der Waals surface area contributed by atoms with Crippen molar-refractivity contribution in [2.45, 2.75) is 18.4 Å². The van der Waals surface area contributed by atoms with E-state index in [2.05, 4.69) is 10.5 Å². The van der Waals surface area contributed by atoms with Crippen molar-refractivity contribution in [1.29, 1.82) is 5.26 Å². The molecule has 108 valence electrons. The van der Waals surface area contributed by atoms with Gasteiger partial charge < -0.3 is 10.5 Å². The molecule has 0 fully saturated rings. The average Bonchev–Trinajstić information content (AvgIpc) is 2.48. The van der Waals surface area contributed by atoms with E-state index in [1.54, 1.807) is 19.1 Å². The van der Waals surface area contributed by atoms with Crippen molar-refractivity contribution < 1.29 is 14.2 Å². The van der Waals surface area contributed by atoms with E-state index in [-0.39, 0.29) is 4.90 Å². The summed E-state index contributed by atoms with van der Waals surface area (Å²) in [5, 5.41) is 8.73. The summed E-state index contributed by atoms with van der Waals surface area (Å²) in [6, 6.07) is 13.3. The summed E-state index contributed by atoms with van der Waals surface area (Å²) in [6.07, 6.45) is 0. The number of sulfonamides is 1. The Kier molecular flexibility index (Phi) is 4.26. The van der Waals surface area contributed by atoms with Crippen molar-refractivity contribution >= 4 is 15.7 Å². The minimum atomic E-state index is -3.78. The summed E-state index contributed by atoms with van der Waals surface area (Å²) in [4.78, 5) is 0.188. The van der Waals surface area contributed by atoms with Crippen LogP contribution in [0.15, 0.2) is 47.4 Å². The minimum absolute atomic E-state index is 0.188. The molecule has 0 aliphatic heterocycles. The Morgan fingerprint density at radius 1 is 1.19 bits per heavy atom. The zero-order valence-corrected chi connectivity index (χ0v) is 12.4. The summed E-state index contributed by atoms with van der Waals surface area (Å²) in [5.41, 5.74) is 6.00. The first-order valence-corrected chi connectivity index (χ1v) is 7.77. The van der Waals surface area contributed by atoms with Gasteiger partial charge in [-0.05, 0) is 30.7 Å². The van der Waals surface area contributed by atoms with Crippen LogP contribution in [-0.4, -0.2) is 8.42 Å². The van der Waals surface area contributed by atoms with Gasteiger partial charge in [0.2, 0.25) is 0 Å². The molecule has 0 spiro atoms. The highest BCUT2D eigenvalue weighted by Crippen LogP contribution is 2.29. The fraction of sp³-hybridized carbons (Fsp3) is 0.133. The fourth-order valence-electron chi connectivity index (χ4n) is 1.86. The van der Waals surface area contributed by atoms with Crippen molar-refractivity contribution in [2.75, 3.05) is 0 Å². The van der Waals surface area contributed by atoms with Crippen molar-refractivity contribution in [3.05, 3.63) is 63.9 Å². The first-order chi connectivity index (χ1) is 9.96. The highest BCUT2D eigenvalue weighted by Gasteiger charge is 2.10. The summed E-state index contributed by atoms with van der Waals surface area (Å²) in [7, 11) is -3.78. The van der Waals surface area contributed by atoms with Crippen molar-refractivity contribution in [2.24, 2.45) is 0 Å². The van der Waals surface area contributed by atoms with Gasteiger partial charge >= 0.3 is 0 Å². The van der Waals surface area contributed by atoms with Gasteiger partial charge in [-0.2, -0.15) is 5.26 Å². The lowest BCUT2D eigenvalue weighted by molar-refractivity contribution is -0.386. The Bertz CT molecular complexity index is 791. The number of nitrogens with zero attached hydrogens (tertiary/aromatic N) is 2. The lowest BCUT2D eigenvalue weighted by Gasteiger charge is -2.23. The topological polar surface area (TPSA) is 99.7 Å². The second-order valence-corrected chi connectivity index (χ2v) is 6.15. The van der Waals surface area contributed by atoms with E-state index in [9.17, 15) is 8.42 Å². The molecule has 0 heterocycles. The number of aryl methyl sites for hydroxylation is 1. The molecule has 0 saturated heterocycles. The maximum Gasteiger partial charge on any atom is 0.123 e. The highest BCUT2D eigenvalue weighted by molar-refractivity contribution is 7.94. The third-order valence-electron chi connectivity index (χ3n) is 3.04. The van der Waals surface area contributed by atoms with Crippen LogP contribution in [0.3, 0.4) is 0 Å². The van der Waals surface area contributed by atoms with Gasteiger partial charge in [-0.15, -0.1) is 5.69 Å². The molecule has 3 N–H and O–H groups in total. The van der Waals surface area contributed by atoms with Crippen LogP contribution in [0.5, 0.6) is 0 Å². The molecule has 0 aliphatic carbocycles. The largest absolute Gasteiger partial charge is 0.573 e. The van der Waals surface area contributed by atoms with E-state index < -0.39 is 10.0 Å². The second-order valence-electron chi connectivity index (χ2n) is 4.57. The zero-order chi connectivity index (χ0) is 15.5. The van der Waals surface area contributed by atoms with Crippen LogP contribution in [0.1, 0.15) is 16.7 Å². The van der Waals surface area contributed by atoms with Gasteiger partial charge in [0.1, 0.15) is 10.0 Å². The normalized spacial score (nSPS) is 10.9. The molecular formula is C15H15N3O2S. The Labute approximate surface area is 124 Å². The predicted octanol–water partition coefficient (Wildman–Crippen LogP) is 2.00. The van der Waals surface area contributed by atoms with Crippen LogP contribution in [0.4, 0.5) is 5.69 Å². The summed E-state index contributed by atoms with van der Waals surface area (Å²) < 4.78 is 28.6. The molecule has 0 aromatic heterocycles. The summed E-state index contributed by atoms with van der Waals surface area (Å²) >= 11 is 0. The van der Waals surface area contributed by atoms with Crippen molar-refractivity contribution in [1.82, 2.24) is 0 Å². The fourth-order valence-corrected chi connectivity index (χ4v) is 3.14. The van der Waals surface area contributed by atoms with Gasteiger partial charge in [-0.1, -0.05) is 24.3 Å². The van der Waals surface area contributed by atoms with E-state index in [1.165, 1.54) is 24.3 Å². The van der Waals surface area contributed by atoms with Gasteiger partial charge in [0.15, 0.2) is 0 Å². The number of benzene rings is 2. The average molecular weight is 301 g/mol. The van der Waals surface area contributed by atoms with Gasteiger partial charge in [-0.3, -0.25) is 0 Å². The molecule has 0 radical (unpaired) electrons. The van der Waals surface area contributed by atoms with Crippen LogP contribution in [0, 0.1) is 18.3 Å². The third-order valence-corrected chi connectivity index (χ3v) is 4.49. The van der Waals surface area contributed by atoms with Crippen LogP contribution < -0.4 is 5.73 Å². The quantitative estimate of drug-likeness (QED) is 0.934. The zero-order valence-electron chi connectivity index (χ0n) is 11.6. The maximum atomic E-state index is 12.4. The summed E-state index contributed by atoms with van der Waals surface area (Å²) in [5.74, 6) is 0. The third kappa shape index (κ3) is 3.40. The molecule has 0 saturated carbocycles. The van der Waals surface area contributed by atoms with Crippen LogP contribution >= 0.6 is 0 Å². The number of hydrogen-bond acceptors (Lipinski definition) is 3. The molecule has 2 rings (SSSR count). The first-order valence-electron chi connectivity index (χ1n) is 6.33. The number of hydrogen-bond donors (Lipinski definition) is 1. The van der Waals surface area contributed by atoms with Gasteiger partial charge in [0, 0.05) is 5.56 Å². The lowest BCUT2D eigenvalue weighted by atomic mass is 10.1. The van der Waals surface area contributed by atoms with Crippen molar-refractivity contribution in [3.8, 4) is 6.07 Å². The second kappa shape index (κ2) is 5.95. The van der Waals surface area contributed by atoms with E-state index in [4.69, 9.17) is 5.26 Å². The van der Waals surface area contributed by atoms with Crippen LogP contribution in [0.2, 0.25) is 0 Å². The smallest absolute Gasteiger partial charge is 0.123 e. The molecule has 21 heavy (non-hydrogen) atoms. The molecule has 2 aromatic carbocycles. The maximum absolute atomic E-state index is 12.4. The highest BCUT2D eigenvalue weighted by atomic mass is 32.2. The van der Waals surface area contributed by atoms with E-state index >= 15 is 0 Å². The van der Waals surface area contributed by atoms with Gasteiger partial charge in [-0.25, -0.2) is 8.42 Å². The number of rotatable bonds is 4. The lowest BCUT2D eigenvalue weighted by Crippen LogP contribution is -2.47. The first kappa shape index (κ1) is 15.0. The monoisotopic (exact) mass is 301 g/mol. The van der Waals surface area contributed by atoms with Crippen LogP contribution in [0.25, 0.3) is 4.72 Å².